The number of carbonyl (C=O) groups is 1. The van der Waals surface area contributed by atoms with E-state index in [9.17, 15) is 9.18 Å². The number of benzene rings is 1. The quantitative estimate of drug-likeness (QED) is 0.777. The third-order valence-electron chi connectivity index (χ3n) is 3.69. The van der Waals surface area contributed by atoms with Gasteiger partial charge in [-0.05, 0) is 19.9 Å². The van der Waals surface area contributed by atoms with E-state index in [1.165, 1.54) is 7.05 Å². The Morgan fingerprint density at radius 2 is 2.13 bits per heavy atom. The Hall–Kier alpha value is -2.83. The number of anilines is 1. The van der Waals surface area contributed by atoms with Crippen LogP contribution < -0.4 is 10.6 Å². The summed E-state index contributed by atoms with van der Waals surface area (Å²) >= 11 is 0. The summed E-state index contributed by atoms with van der Waals surface area (Å²) in [5.74, 6) is 0.311. The fourth-order valence-electron chi connectivity index (χ4n) is 2.53. The topological polar surface area (TPSA) is 72.1 Å². The summed E-state index contributed by atoms with van der Waals surface area (Å²) in [5.41, 5.74) is 1.76. The minimum atomic E-state index is -0.526. The normalized spacial score (nSPS) is 12.3. The highest BCUT2D eigenvalue weighted by Crippen LogP contribution is 2.29. The van der Waals surface area contributed by atoms with Crippen molar-refractivity contribution in [3.8, 4) is 0 Å². The molecule has 0 unspecified atom stereocenters. The molecule has 1 aromatic carbocycles. The van der Waals surface area contributed by atoms with Crippen molar-refractivity contribution < 1.29 is 13.6 Å². The number of aromatic nitrogens is 2. The van der Waals surface area contributed by atoms with Crippen LogP contribution in [0, 0.1) is 12.9 Å². The Morgan fingerprint density at radius 1 is 1.39 bits per heavy atom. The van der Waals surface area contributed by atoms with Gasteiger partial charge in [-0.15, -0.1) is 0 Å². The molecule has 2 aromatic heterocycles. The highest BCUT2D eigenvalue weighted by molar-refractivity contribution is 5.88. The van der Waals surface area contributed by atoms with Gasteiger partial charge in [0.25, 0.3) is 0 Å². The average molecular weight is 316 g/mol. The van der Waals surface area contributed by atoms with E-state index in [0.717, 1.165) is 27.3 Å². The monoisotopic (exact) mass is 316 g/mol. The van der Waals surface area contributed by atoms with E-state index < -0.39 is 12.0 Å². The molecular formula is C16H17FN4O2. The van der Waals surface area contributed by atoms with Crippen LogP contribution >= 0.6 is 0 Å². The molecule has 0 fully saturated rings. The maximum atomic E-state index is 13.2. The number of nitrogens with zero attached hydrogens (tertiary/aromatic N) is 2. The molecule has 2 N–H and O–H groups in total. The Balaban J connectivity index is 1.73. The largest absolute Gasteiger partial charge is 0.459 e. The second-order valence-electron chi connectivity index (χ2n) is 5.38. The zero-order chi connectivity index (χ0) is 16.6. The highest BCUT2D eigenvalue weighted by Gasteiger charge is 2.18. The number of amides is 2. The van der Waals surface area contributed by atoms with Crippen molar-refractivity contribution in [1.82, 2.24) is 15.1 Å². The summed E-state index contributed by atoms with van der Waals surface area (Å²) in [6, 6.07) is 8.03. The van der Waals surface area contributed by atoms with E-state index in [-0.39, 0.29) is 11.9 Å². The summed E-state index contributed by atoms with van der Waals surface area (Å²) in [5, 5.41) is 10.1. The molecule has 6 nitrogen and oxygen atoms in total. The van der Waals surface area contributed by atoms with Gasteiger partial charge < -0.3 is 9.73 Å². The van der Waals surface area contributed by atoms with E-state index in [1.807, 2.05) is 38.1 Å². The molecule has 0 saturated heterocycles. The lowest BCUT2D eigenvalue weighted by atomic mass is 10.1. The molecule has 0 spiro atoms. The van der Waals surface area contributed by atoms with E-state index >= 15 is 0 Å². The number of carbonyl (C=O) groups excluding carboxylic acids is 1. The first-order valence-electron chi connectivity index (χ1n) is 7.21. The average Bonchev–Trinajstić information content (AvgIpc) is 3.00. The third-order valence-corrected chi connectivity index (χ3v) is 3.69. The Kier molecular flexibility index (Phi) is 3.77. The number of rotatable bonds is 3. The zero-order valence-corrected chi connectivity index (χ0v) is 13.1. The molecule has 3 aromatic rings. The number of furan rings is 1. The molecule has 0 aliphatic heterocycles. The number of urea groups is 1. The van der Waals surface area contributed by atoms with Crippen molar-refractivity contribution in [2.45, 2.75) is 19.9 Å². The predicted octanol–water partition coefficient (Wildman–Crippen LogP) is 3.50. The summed E-state index contributed by atoms with van der Waals surface area (Å²) in [4.78, 5) is 12.0. The van der Waals surface area contributed by atoms with Crippen LogP contribution in [0.15, 0.2) is 34.7 Å². The van der Waals surface area contributed by atoms with E-state index in [0.29, 0.717) is 5.76 Å². The fraction of sp³-hybridized carbons (Fsp3) is 0.250. The van der Waals surface area contributed by atoms with Gasteiger partial charge in [0, 0.05) is 24.1 Å². The van der Waals surface area contributed by atoms with Crippen LogP contribution in [-0.2, 0) is 7.05 Å². The standard InChI is InChI=1S/C16H17FN4O2/c1-9-11-6-4-5-7-12(11)23-15(9)10(2)18-16(22)19-14-8-13(17)21(3)20-14/h4-8,10H,1-3H3,(H2,18,19,20,22)/t10-/m0/s1. The van der Waals surface area contributed by atoms with Gasteiger partial charge in [0.05, 0.1) is 6.04 Å². The second-order valence-corrected chi connectivity index (χ2v) is 5.38. The molecule has 120 valence electrons. The number of halogens is 1. The van der Waals surface area contributed by atoms with Crippen molar-refractivity contribution in [3.63, 3.8) is 0 Å². The molecule has 7 heteroatoms. The molecule has 0 bridgehead atoms. The van der Waals surface area contributed by atoms with Gasteiger partial charge in [-0.2, -0.15) is 9.49 Å². The van der Waals surface area contributed by atoms with Gasteiger partial charge in [-0.25, -0.2) is 9.48 Å². The van der Waals surface area contributed by atoms with Crippen molar-refractivity contribution in [2.24, 2.45) is 7.05 Å². The summed E-state index contributed by atoms with van der Waals surface area (Å²) in [6.45, 7) is 3.77. The van der Waals surface area contributed by atoms with Gasteiger partial charge >= 0.3 is 6.03 Å². The number of nitrogens with one attached hydrogen (secondary N) is 2. The van der Waals surface area contributed by atoms with Crippen molar-refractivity contribution in [3.05, 3.63) is 47.6 Å². The number of hydrogen-bond donors (Lipinski definition) is 2. The van der Waals surface area contributed by atoms with Crippen LogP contribution in [0.3, 0.4) is 0 Å². The number of para-hydroxylation sites is 1. The number of fused-ring (bicyclic) bond motifs is 1. The van der Waals surface area contributed by atoms with Crippen LogP contribution in [0.4, 0.5) is 15.0 Å². The summed E-state index contributed by atoms with van der Waals surface area (Å²) in [6.07, 6.45) is 0. The Labute approximate surface area is 132 Å². The smallest absolute Gasteiger partial charge is 0.321 e. The maximum Gasteiger partial charge on any atom is 0.321 e. The van der Waals surface area contributed by atoms with Crippen LogP contribution in [0.1, 0.15) is 24.3 Å². The SMILES string of the molecule is Cc1c([C@H](C)NC(=O)Nc2cc(F)n(C)n2)oc2ccccc12. The minimum absolute atomic E-state index is 0.149. The van der Waals surface area contributed by atoms with Gasteiger partial charge in [-0.3, -0.25) is 5.32 Å². The van der Waals surface area contributed by atoms with Gasteiger partial charge in [0.2, 0.25) is 5.95 Å². The molecule has 1 atom stereocenters. The molecule has 0 aliphatic rings. The molecule has 0 aliphatic carbocycles. The molecular weight excluding hydrogens is 299 g/mol. The minimum Gasteiger partial charge on any atom is -0.459 e. The van der Waals surface area contributed by atoms with Crippen molar-refractivity contribution in [2.75, 3.05) is 5.32 Å². The van der Waals surface area contributed by atoms with Gasteiger partial charge in [0.15, 0.2) is 5.82 Å². The summed E-state index contributed by atoms with van der Waals surface area (Å²) in [7, 11) is 1.46. The second kappa shape index (κ2) is 5.75. The zero-order valence-electron chi connectivity index (χ0n) is 13.1. The maximum absolute atomic E-state index is 13.2. The molecule has 2 heterocycles. The predicted molar refractivity (Wildman–Crippen MR) is 84.7 cm³/mol. The lowest BCUT2D eigenvalue weighted by molar-refractivity contribution is 0.247. The van der Waals surface area contributed by atoms with Gasteiger partial charge in [0.1, 0.15) is 11.3 Å². The van der Waals surface area contributed by atoms with E-state index in [2.05, 4.69) is 15.7 Å². The first-order chi connectivity index (χ1) is 11.0. The van der Waals surface area contributed by atoms with Crippen LogP contribution in [0.25, 0.3) is 11.0 Å². The Morgan fingerprint density at radius 3 is 2.78 bits per heavy atom. The van der Waals surface area contributed by atoms with Crippen molar-refractivity contribution >= 4 is 22.8 Å². The molecule has 3 rings (SSSR count). The highest BCUT2D eigenvalue weighted by atomic mass is 19.1. The third kappa shape index (κ3) is 2.90. The molecule has 0 saturated carbocycles. The Bertz CT molecular complexity index is 849. The fourth-order valence-corrected chi connectivity index (χ4v) is 2.53. The number of aryl methyl sites for hydroxylation is 2. The lowest BCUT2D eigenvalue weighted by Gasteiger charge is -2.12. The first kappa shape index (κ1) is 15.1. The molecule has 0 radical (unpaired) electrons. The van der Waals surface area contributed by atoms with E-state index in [1.54, 1.807) is 0 Å². The molecule has 2 amide bonds. The van der Waals surface area contributed by atoms with Crippen molar-refractivity contribution in [1.29, 1.82) is 0 Å². The number of hydrogen-bond acceptors (Lipinski definition) is 3. The molecule has 23 heavy (non-hydrogen) atoms. The van der Waals surface area contributed by atoms with Crippen LogP contribution in [0.2, 0.25) is 0 Å². The van der Waals surface area contributed by atoms with Crippen LogP contribution in [-0.4, -0.2) is 15.8 Å². The van der Waals surface area contributed by atoms with Gasteiger partial charge in [-0.1, -0.05) is 18.2 Å². The van der Waals surface area contributed by atoms with E-state index in [4.69, 9.17) is 4.42 Å². The lowest BCUT2D eigenvalue weighted by Crippen LogP contribution is -2.31. The summed E-state index contributed by atoms with van der Waals surface area (Å²) < 4.78 is 20.1. The van der Waals surface area contributed by atoms with Crippen LogP contribution in [0.5, 0.6) is 0 Å². The first-order valence-corrected chi connectivity index (χ1v) is 7.21.